The topological polar surface area (TPSA) is 96.9 Å². The average molecular weight is 508 g/mol. The molecule has 7 nitrogen and oxygen atoms in total. The highest BCUT2D eigenvalue weighted by molar-refractivity contribution is 6.30. The summed E-state index contributed by atoms with van der Waals surface area (Å²) in [6, 6.07) is 4.15. The molecule has 4 rings (SSSR count). The molecule has 1 amide bonds. The zero-order valence-corrected chi connectivity index (χ0v) is 18.8. The summed E-state index contributed by atoms with van der Waals surface area (Å²) in [5.41, 5.74) is -2.00. The molecule has 0 atom stereocenters. The lowest BCUT2D eigenvalue weighted by Crippen LogP contribution is -2.33. The van der Waals surface area contributed by atoms with Crippen molar-refractivity contribution in [2.45, 2.75) is 32.0 Å². The summed E-state index contributed by atoms with van der Waals surface area (Å²) >= 11 is 5.67. The predicted molar refractivity (Wildman–Crippen MR) is 118 cm³/mol. The molecule has 2 aromatic heterocycles. The van der Waals surface area contributed by atoms with Gasteiger partial charge in [0.05, 0.1) is 46.4 Å². The van der Waals surface area contributed by atoms with Gasteiger partial charge in [-0.15, -0.1) is 0 Å². The van der Waals surface area contributed by atoms with Gasteiger partial charge >= 0.3 is 6.18 Å². The van der Waals surface area contributed by atoms with E-state index in [1.54, 1.807) is 0 Å². The summed E-state index contributed by atoms with van der Waals surface area (Å²) in [5, 5.41) is 5.00. The number of alkyl halides is 3. The SMILES string of the molecule is O=C(CC1(C(=O)NCc2ncc(Nc3ccc(Cl)cc3C(F)(F)F)cc2F)CC1)c1cncnc1. The van der Waals surface area contributed by atoms with Crippen LogP contribution in [0.15, 0.2) is 49.2 Å². The Balaban J connectivity index is 1.39. The molecule has 0 bridgehead atoms. The maximum atomic E-state index is 14.6. The average Bonchev–Trinajstić information content (AvgIpc) is 3.60. The molecule has 35 heavy (non-hydrogen) atoms. The fourth-order valence-corrected chi connectivity index (χ4v) is 3.69. The van der Waals surface area contributed by atoms with Crippen molar-refractivity contribution in [2.24, 2.45) is 5.41 Å². The Labute approximate surface area is 202 Å². The number of pyridine rings is 1. The Morgan fingerprint density at radius 1 is 1.09 bits per heavy atom. The van der Waals surface area contributed by atoms with E-state index in [9.17, 15) is 27.2 Å². The lowest BCUT2D eigenvalue weighted by molar-refractivity contribution is -0.137. The second kappa shape index (κ2) is 9.57. The van der Waals surface area contributed by atoms with E-state index in [-0.39, 0.29) is 40.8 Å². The summed E-state index contributed by atoms with van der Waals surface area (Å²) in [6.07, 6.45) is 1.54. The van der Waals surface area contributed by atoms with E-state index >= 15 is 0 Å². The van der Waals surface area contributed by atoms with Crippen LogP contribution in [0.2, 0.25) is 5.02 Å². The van der Waals surface area contributed by atoms with Gasteiger partial charge in [-0.3, -0.25) is 14.6 Å². The van der Waals surface area contributed by atoms with Crippen LogP contribution in [0.5, 0.6) is 0 Å². The molecule has 1 aliphatic carbocycles. The lowest BCUT2D eigenvalue weighted by atomic mass is 9.96. The number of halogens is 5. The first-order chi connectivity index (χ1) is 16.6. The number of nitrogens with zero attached hydrogens (tertiary/aromatic N) is 3. The van der Waals surface area contributed by atoms with Gasteiger partial charge < -0.3 is 10.6 Å². The van der Waals surface area contributed by atoms with E-state index in [2.05, 4.69) is 25.6 Å². The molecule has 0 aliphatic heterocycles. The normalized spacial score (nSPS) is 14.3. The minimum Gasteiger partial charge on any atom is -0.354 e. The number of ketones is 1. The number of benzene rings is 1. The number of carbonyl (C=O) groups excluding carboxylic acids is 2. The Morgan fingerprint density at radius 3 is 2.43 bits per heavy atom. The van der Waals surface area contributed by atoms with Crippen molar-refractivity contribution in [1.29, 1.82) is 0 Å². The molecular formula is C23H18ClF4N5O2. The van der Waals surface area contributed by atoms with E-state index in [0.717, 1.165) is 24.4 Å². The fourth-order valence-electron chi connectivity index (χ4n) is 3.52. The van der Waals surface area contributed by atoms with Crippen molar-refractivity contribution in [3.8, 4) is 0 Å². The third kappa shape index (κ3) is 5.73. The molecule has 1 aromatic carbocycles. The molecule has 0 unspecified atom stereocenters. The van der Waals surface area contributed by atoms with Gasteiger partial charge in [0.1, 0.15) is 12.1 Å². The first-order valence-corrected chi connectivity index (χ1v) is 10.8. The zero-order chi connectivity index (χ0) is 25.2. The quantitative estimate of drug-likeness (QED) is 0.325. The van der Waals surface area contributed by atoms with Crippen LogP contribution in [-0.2, 0) is 17.5 Å². The molecule has 0 radical (unpaired) electrons. The van der Waals surface area contributed by atoms with Crippen LogP contribution in [-0.4, -0.2) is 26.6 Å². The van der Waals surface area contributed by atoms with Crippen LogP contribution in [0.4, 0.5) is 28.9 Å². The molecule has 3 aromatic rings. The van der Waals surface area contributed by atoms with Crippen molar-refractivity contribution in [3.63, 3.8) is 0 Å². The Hall–Kier alpha value is -3.60. The maximum Gasteiger partial charge on any atom is 0.418 e. The number of anilines is 2. The number of hydrogen-bond acceptors (Lipinski definition) is 6. The van der Waals surface area contributed by atoms with E-state index in [0.29, 0.717) is 18.4 Å². The second-order valence-electron chi connectivity index (χ2n) is 8.16. The molecule has 12 heteroatoms. The second-order valence-corrected chi connectivity index (χ2v) is 8.59. The predicted octanol–water partition coefficient (Wildman–Crippen LogP) is 5.10. The largest absolute Gasteiger partial charge is 0.418 e. The number of aromatic nitrogens is 3. The van der Waals surface area contributed by atoms with Crippen LogP contribution < -0.4 is 10.6 Å². The van der Waals surface area contributed by atoms with Crippen molar-refractivity contribution in [1.82, 2.24) is 20.3 Å². The number of rotatable bonds is 8. The first kappa shape index (κ1) is 24.5. The first-order valence-electron chi connectivity index (χ1n) is 10.4. The minimum atomic E-state index is -4.67. The number of hydrogen-bond donors (Lipinski definition) is 2. The number of carbonyl (C=O) groups is 2. The number of Topliss-reactive ketones (excluding diaryl/α,β-unsaturated/α-hetero) is 1. The standard InChI is InChI=1S/C23H18ClF4N5O2/c24-14-1-2-18(16(5-14)23(26,27)28)33-15-6-17(25)19(31-10-15)11-32-21(35)22(3-4-22)7-20(34)13-8-29-12-30-9-13/h1-2,5-6,8-10,12,33H,3-4,7,11H2,(H,32,35). The molecule has 2 N–H and O–H groups in total. The molecule has 1 saturated carbocycles. The minimum absolute atomic E-state index is 0.0141. The van der Waals surface area contributed by atoms with Crippen LogP contribution in [0, 0.1) is 11.2 Å². The van der Waals surface area contributed by atoms with Gasteiger partial charge in [-0.05, 0) is 31.0 Å². The highest BCUT2D eigenvalue weighted by Gasteiger charge is 2.51. The lowest BCUT2D eigenvalue weighted by Gasteiger charge is -2.16. The maximum absolute atomic E-state index is 14.6. The monoisotopic (exact) mass is 507 g/mol. The van der Waals surface area contributed by atoms with Gasteiger partial charge in [0.25, 0.3) is 0 Å². The molecular weight excluding hydrogens is 490 g/mol. The van der Waals surface area contributed by atoms with Crippen molar-refractivity contribution in [2.75, 3.05) is 5.32 Å². The smallest absolute Gasteiger partial charge is 0.354 e. The van der Waals surface area contributed by atoms with Gasteiger partial charge in [-0.25, -0.2) is 14.4 Å². The molecule has 182 valence electrons. The molecule has 0 saturated heterocycles. The third-order valence-corrected chi connectivity index (χ3v) is 5.85. The fraction of sp³-hybridized carbons (Fsp3) is 0.261. The Kier molecular flexibility index (Phi) is 6.70. The third-order valence-electron chi connectivity index (χ3n) is 5.62. The Bertz CT molecular complexity index is 1270. The Morgan fingerprint density at radius 2 is 1.80 bits per heavy atom. The van der Waals surface area contributed by atoms with Gasteiger partial charge in [-0.1, -0.05) is 11.6 Å². The summed E-state index contributed by atoms with van der Waals surface area (Å²) in [4.78, 5) is 36.6. The summed E-state index contributed by atoms with van der Waals surface area (Å²) in [7, 11) is 0. The molecule has 1 fully saturated rings. The number of nitrogens with one attached hydrogen (secondary N) is 2. The summed E-state index contributed by atoms with van der Waals surface area (Å²) in [6.45, 7) is -0.246. The summed E-state index contributed by atoms with van der Waals surface area (Å²) < 4.78 is 54.4. The highest BCUT2D eigenvalue weighted by atomic mass is 35.5. The highest BCUT2D eigenvalue weighted by Crippen LogP contribution is 2.49. The van der Waals surface area contributed by atoms with Crippen molar-refractivity contribution < 1.29 is 27.2 Å². The number of amides is 1. The van der Waals surface area contributed by atoms with Gasteiger partial charge in [0.15, 0.2) is 5.78 Å². The molecule has 2 heterocycles. The summed E-state index contributed by atoms with van der Waals surface area (Å²) in [5.74, 6) is -1.49. The van der Waals surface area contributed by atoms with Gasteiger partial charge in [0, 0.05) is 29.9 Å². The van der Waals surface area contributed by atoms with Crippen molar-refractivity contribution in [3.05, 3.63) is 76.8 Å². The van der Waals surface area contributed by atoms with Crippen LogP contribution in [0.3, 0.4) is 0 Å². The van der Waals surface area contributed by atoms with Gasteiger partial charge in [-0.2, -0.15) is 13.2 Å². The van der Waals surface area contributed by atoms with Crippen molar-refractivity contribution >= 4 is 34.7 Å². The zero-order valence-electron chi connectivity index (χ0n) is 18.0. The van der Waals surface area contributed by atoms with Gasteiger partial charge in [0.2, 0.25) is 5.91 Å². The molecule has 0 spiro atoms. The van der Waals surface area contributed by atoms with Crippen LogP contribution in [0.25, 0.3) is 0 Å². The van der Waals surface area contributed by atoms with Crippen LogP contribution >= 0.6 is 11.6 Å². The van der Waals surface area contributed by atoms with E-state index in [1.807, 2.05) is 0 Å². The van der Waals surface area contributed by atoms with E-state index in [1.165, 1.54) is 24.8 Å². The van der Waals surface area contributed by atoms with E-state index in [4.69, 9.17) is 11.6 Å². The van der Waals surface area contributed by atoms with Crippen LogP contribution in [0.1, 0.15) is 40.9 Å². The van der Waals surface area contributed by atoms with E-state index < -0.39 is 28.9 Å². The molecule has 1 aliphatic rings.